The van der Waals surface area contributed by atoms with Gasteiger partial charge < -0.3 is 4.74 Å². The van der Waals surface area contributed by atoms with E-state index in [-0.39, 0.29) is 5.97 Å². The van der Waals surface area contributed by atoms with Gasteiger partial charge in [-0.15, -0.1) is 0 Å². The summed E-state index contributed by atoms with van der Waals surface area (Å²) in [6, 6.07) is 14.2. The zero-order valence-corrected chi connectivity index (χ0v) is 9.57. The summed E-state index contributed by atoms with van der Waals surface area (Å²) in [7, 11) is 0. The van der Waals surface area contributed by atoms with Gasteiger partial charge in [-0.2, -0.15) is 0 Å². The van der Waals surface area contributed by atoms with E-state index in [4.69, 9.17) is 4.74 Å². The molecule has 17 heavy (non-hydrogen) atoms. The number of hydrogen-bond acceptors (Lipinski definition) is 2. The molecule has 0 fully saturated rings. The van der Waals surface area contributed by atoms with E-state index in [0.29, 0.717) is 6.61 Å². The fourth-order valence-corrected chi connectivity index (χ4v) is 2.28. The maximum atomic E-state index is 11.5. The molecule has 0 spiro atoms. The van der Waals surface area contributed by atoms with Crippen LogP contribution in [0.2, 0.25) is 0 Å². The van der Waals surface area contributed by atoms with E-state index in [9.17, 15) is 4.79 Å². The van der Waals surface area contributed by atoms with Gasteiger partial charge in [-0.05, 0) is 29.7 Å². The number of cyclic esters (lactones) is 1. The monoisotopic (exact) mass is 224 g/mol. The van der Waals surface area contributed by atoms with Crippen LogP contribution in [0.15, 0.2) is 42.5 Å². The van der Waals surface area contributed by atoms with Crippen molar-refractivity contribution in [3.8, 4) is 11.1 Å². The number of aryl methyl sites for hydroxylation is 1. The summed E-state index contributed by atoms with van der Waals surface area (Å²) in [5, 5.41) is 0. The third kappa shape index (κ3) is 1.62. The molecule has 0 radical (unpaired) electrons. The third-order valence-corrected chi connectivity index (χ3v) is 3.09. The molecule has 2 nitrogen and oxygen atoms in total. The molecule has 1 aliphatic rings. The highest BCUT2D eigenvalue weighted by molar-refractivity contribution is 5.95. The largest absolute Gasteiger partial charge is 0.457 e. The lowest BCUT2D eigenvalue weighted by Gasteiger charge is -2.06. The molecule has 0 saturated carbocycles. The Kier molecular flexibility index (Phi) is 2.22. The first-order valence-electron chi connectivity index (χ1n) is 5.62. The second kappa shape index (κ2) is 3.74. The van der Waals surface area contributed by atoms with Crippen LogP contribution in [0.5, 0.6) is 0 Å². The van der Waals surface area contributed by atoms with Crippen molar-refractivity contribution in [1.82, 2.24) is 0 Å². The molecule has 2 heteroatoms. The molecule has 0 unspecified atom stereocenters. The number of esters is 1. The van der Waals surface area contributed by atoms with Crippen molar-refractivity contribution in [2.75, 3.05) is 0 Å². The van der Waals surface area contributed by atoms with Gasteiger partial charge in [0.05, 0.1) is 5.56 Å². The number of rotatable bonds is 1. The average molecular weight is 224 g/mol. The van der Waals surface area contributed by atoms with Crippen molar-refractivity contribution in [3.63, 3.8) is 0 Å². The smallest absolute Gasteiger partial charge is 0.339 e. The summed E-state index contributed by atoms with van der Waals surface area (Å²) in [5.41, 5.74) is 5.03. The van der Waals surface area contributed by atoms with Crippen molar-refractivity contribution >= 4 is 5.97 Å². The van der Waals surface area contributed by atoms with Crippen LogP contribution in [0.1, 0.15) is 21.5 Å². The topological polar surface area (TPSA) is 26.3 Å². The summed E-state index contributed by atoms with van der Waals surface area (Å²) >= 11 is 0. The molecule has 0 N–H and O–H groups in total. The molecule has 1 heterocycles. The summed E-state index contributed by atoms with van der Waals surface area (Å²) < 4.78 is 5.06. The van der Waals surface area contributed by atoms with Gasteiger partial charge in [-0.1, -0.05) is 36.4 Å². The predicted molar refractivity (Wildman–Crippen MR) is 65.7 cm³/mol. The number of ether oxygens (including phenoxy) is 1. The van der Waals surface area contributed by atoms with Crippen LogP contribution in [0.3, 0.4) is 0 Å². The molecular weight excluding hydrogens is 212 g/mol. The molecule has 1 aliphatic heterocycles. The molecule has 3 rings (SSSR count). The van der Waals surface area contributed by atoms with Gasteiger partial charge in [0.2, 0.25) is 0 Å². The minimum Gasteiger partial charge on any atom is -0.457 e. The van der Waals surface area contributed by atoms with Crippen LogP contribution in [-0.4, -0.2) is 5.97 Å². The van der Waals surface area contributed by atoms with E-state index < -0.39 is 0 Å². The lowest BCUT2D eigenvalue weighted by Crippen LogP contribution is -1.97. The predicted octanol–water partition coefficient (Wildman–Crippen LogP) is 3.33. The second-order valence-electron chi connectivity index (χ2n) is 4.27. The van der Waals surface area contributed by atoms with Gasteiger partial charge in [0.15, 0.2) is 0 Å². The SMILES string of the molecule is Cc1cc(-c2ccccc2)cc2c1C(=O)OC2. The minimum absolute atomic E-state index is 0.197. The van der Waals surface area contributed by atoms with Crippen LogP contribution in [0.25, 0.3) is 11.1 Å². The molecule has 0 saturated heterocycles. The standard InChI is InChI=1S/C15H12O2/c1-10-7-12(11-5-3-2-4-6-11)8-13-9-17-15(16)14(10)13/h2-8H,9H2,1H3. The van der Waals surface area contributed by atoms with E-state index in [0.717, 1.165) is 27.8 Å². The molecule has 0 aromatic heterocycles. The maximum Gasteiger partial charge on any atom is 0.339 e. The molecule has 84 valence electrons. The van der Waals surface area contributed by atoms with Crippen LogP contribution in [-0.2, 0) is 11.3 Å². The Morgan fingerprint density at radius 1 is 1.06 bits per heavy atom. The highest BCUT2D eigenvalue weighted by Gasteiger charge is 2.23. The Balaban J connectivity index is 2.16. The summed E-state index contributed by atoms with van der Waals surface area (Å²) in [5.74, 6) is -0.197. The Morgan fingerprint density at radius 2 is 1.82 bits per heavy atom. The van der Waals surface area contributed by atoms with E-state index in [1.807, 2.05) is 37.3 Å². The van der Waals surface area contributed by atoms with Crippen molar-refractivity contribution in [2.45, 2.75) is 13.5 Å². The quantitative estimate of drug-likeness (QED) is 0.694. The third-order valence-electron chi connectivity index (χ3n) is 3.09. The summed E-state index contributed by atoms with van der Waals surface area (Å²) in [4.78, 5) is 11.5. The Morgan fingerprint density at radius 3 is 2.59 bits per heavy atom. The maximum absolute atomic E-state index is 11.5. The summed E-state index contributed by atoms with van der Waals surface area (Å²) in [6.45, 7) is 2.35. The molecule has 0 atom stereocenters. The van der Waals surface area contributed by atoms with Crippen molar-refractivity contribution in [2.24, 2.45) is 0 Å². The van der Waals surface area contributed by atoms with Gasteiger partial charge in [0.25, 0.3) is 0 Å². The van der Waals surface area contributed by atoms with Crippen LogP contribution in [0, 0.1) is 6.92 Å². The number of hydrogen-bond donors (Lipinski definition) is 0. The highest BCUT2D eigenvalue weighted by atomic mass is 16.5. The molecule has 0 bridgehead atoms. The number of carbonyl (C=O) groups is 1. The molecule has 2 aromatic carbocycles. The lowest BCUT2D eigenvalue weighted by atomic mass is 9.96. The normalized spacial score (nSPS) is 13.4. The van der Waals surface area contributed by atoms with Gasteiger partial charge >= 0.3 is 5.97 Å². The molecular formula is C15H12O2. The highest BCUT2D eigenvalue weighted by Crippen LogP contribution is 2.29. The van der Waals surface area contributed by atoms with E-state index >= 15 is 0 Å². The zero-order chi connectivity index (χ0) is 11.8. The Labute approximate surface area is 99.9 Å². The molecule has 0 amide bonds. The average Bonchev–Trinajstić information content (AvgIpc) is 2.73. The number of fused-ring (bicyclic) bond motifs is 1. The Bertz CT molecular complexity index is 585. The van der Waals surface area contributed by atoms with Gasteiger partial charge in [0.1, 0.15) is 6.61 Å². The van der Waals surface area contributed by atoms with Crippen molar-refractivity contribution < 1.29 is 9.53 Å². The van der Waals surface area contributed by atoms with E-state index in [1.165, 1.54) is 0 Å². The Hall–Kier alpha value is -2.09. The van der Waals surface area contributed by atoms with Crippen LogP contribution >= 0.6 is 0 Å². The van der Waals surface area contributed by atoms with E-state index in [2.05, 4.69) is 12.1 Å². The fourth-order valence-electron chi connectivity index (χ4n) is 2.28. The minimum atomic E-state index is -0.197. The first-order valence-corrected chi connectivity index (χ1v) is 5.62. The van der Waals surface area contributed by atoms with Gasteiger partial charge in [0, 0.05) is 5.56 Å². The van der Waals surface area contributed by atoms with Gasteiger partial charge in [-0.25, -0.2) is 4.79 Å². The van der Waals surface area contributed by atoms with E-state index in [1.54, 1.807) is 0 Å². The summed E-state index contributed by atoms with van der Waals surface area (Å²) in [6.07, 6.45) is 0. The van der Waals surface area contributed by atoms with Crippen molar-refractivity contribution in [1.29, 1.82) is 0 Å². The van der Waals surface area contributed by atoms with Gasteiger partial charge in [-0.3, -0.25) is 0 Å². The lowest BCUT2D eigenvalue weighted by molar-refractivity contribution is 0.0534. The molecule has 0 aliphatic carbocycles. The van der Waals surface area contributed by atoms with Crippen molar-refractivity contribution in [3.05, 3.63) is 59.2 Å². The zero-order valence-electron chi connectivity index (χ0n) is 9.57. The number of carbonyl (C=O) groups excluding carboxylic acids is 1. The molecule has 2 aromatic rings. The first kappa shape index (κ1) is 10.1. The van der Waals surface area contributed by atoms with Crippen LogP contribution < -0.4 is 0 Å². The first-order chi connectivity index (χ1) is 8.25. The second-order valence-corrected chi connectivity index (χ2v) is 4.27. The van der Waals surface area contributed by atoms with Crippen LogP contribution in [0.4, 0.5) is 0 Å². The number of benzene rings is 2. The fraction of sp³-hybridized carbons (Fsp3) is 0.133.